The highest BCUT2D eigenvalue weighted by Crippen LogP contribution is 2.29. The van der Waals surface area contributed by atoms with Gasteiger partial charge in [0.1, 0.15) is 5.69 Å². The summed E-state index contributed by atoms with van der Waals surface area (Å²) in [5.41, 5.74) is 3.71. The topological polar surface area (TPSA) is 118 Å². The van der Waals surface area contributed by atoms with Crippen molar-refractivity contribution in [1.29, 1.82) is 0 Å². The number of anilines is 1. The molecular formula is C17H21N5O4S. The molecule has 1 aromatic carbocycles. The van der Waals surface area contributed by atoms with Crippen LogP contribution >= 0.6 is 0 Å². The molecular weight excluding hydrogens is 370 g/mol. The Hall–Kier alpha value is -2.85. The lowest BCUT2D eigenvalue weighted by atomic mass is 10.2. The Morgan fingerprint density at radius 2 is 2.00 bits per heavy atom. The molecule has 27 heavy (non-hydrogen) atoms. The number of nitro groups is 1. The molecule has 0 atom stereocenters. The molecule has 0 radical (unpaired) electrons. The fraction of sp³-hybridized carbons (Fsp3) is 0.294. The smallest absolute Gasteiger partial charge is 0.271 e. The van der Waals surface area contributed by atoms with Gasteiger partial charge in [-0.3, -0.25) is 20.5 Å². The first-order valence-corrected chi connectivity index (χ1v) is 9.74. The van der Waals surface area contributed by atoms with Crippen molar-refractivity contribution in [2.75, 3.05) is 18.5 Å². The minimum atomic E-state index is -3.79. The van der Waals surface area contributed by atoms with E-state index in [0.717, 1.165) is 11.6 Å². The maximum absolute atomic E-state index is 12.6. The summed E-state index contributed by atoms with van der Waals surface area (Å²) in [6.07, 6.45) is 3.25. The average Bonchev–Trinajstić information content (AvgIpc) is 2.67. The van der Waals surface area contributed by atoms with Crippen molar-refractivity contribution in [3.05, 3.63) is 58.4 Å². The Morgan fingerprint density at radius 3 is 2.56 bits per heavy atom. The molecule has 10 heteroatoms. The molecule has 9 nitrogen and oxygen atoms in total. The minimum Gasteiger partial charge on any atom is -0.271 e. The molecule has 0 unspecified atom stereocenters. The Balaban J connectivity index is 2.38. The van der Waals surface area contributed by atoms with Crippen molar-refractivity contribution in [1.82, 2.24) is 9.29 Å². The third-order valence-electron chi connectivity index (χ3n) is 3.93. The summed E-state index contributed by atoms with van der Waals surface area (Å²) in [5.74, 6) is 0. The molecule has 0 fully saturated rings. The lowest BCUT2D eigenvalue weighted by Crippen LogP contribution is -2.30. The van der Waals surface area contributed by atoms with E-state index in [0.29, 0.717) is 5.71 Å². The highest BCUT2D eigenvalue weighted by atomic mass is 32.2. The monoisotopic (exact) mass is 391 g/mol. The van der Waals surface area contributed by atoms with Gasteiger partial charge in [0.05, 0.1) is 15.5 Å². The SMILES string of the molecule is CCN(CC)S(=O)(=O)c1ccc(NN=C(C)c2cccnc2)c([N+](=O)[O-])c1. The van der Waals surface area contributed by atoms with Crippen LogP contribution in [0.3, 0.4) is 0 Å². The van der Waals surface area contributed by atoms with Crippen molar-refractivity contribution in [3.8, 4) is 0 Å². The number of nitrogens with one attached hydrogen (secondary N) is 1. The van der Waals surface area contributed by atoms with Crippen LogP contribution in [0.2, 0.25) is 0 Å². The van der Waals surface area contributed by atoms with Crippen LogP contribution in [0.5, 0.6) is 0 Å². The number of rotatable bonds is 8. The van der Waals surface area contributed by atoms with Crippen LogP contribution in [0.25, 0.3) is 0 Å². The Morgan fingerprint density at radius 1 is 1.30 bits per heavy atom. The van der Waals surface area contributed by atoms with Gasteiger partial charge in [0.15, 0.2) is 0 Å². The number of nitro benzene ring substituents is 1. The summed E-state index contributed by atoms with van der Waals surface area (Å²) in [5, 5.41) is 15.6. The third-order valence-corrected chi connectivity index (χ3v) is 5.98. The zero-order valence-electron chi connectivity index (χ0n) is 15.3. The number of aromatic nitrogens is 1. The van der Waals surface area contributed by atoms with Gasteiger partial charge >= 0.3 is 0 Å². The maximum Gasteiger partial charge on any atom is 0.295 e. The summed E-state index contributed by atoms with van der Waals surface area (Å²) in [7, 11) is -3.79. The fourth-order valence-electron chi connectivity index (χ4n) is 2.42. The average molecular weight is 391 g/mol. The maximum atomic E-state index is 12.6. The van der Waals surface area contributed by atoms with Crippen molar-refractivity contribution in [2.24, 2.45) is 5.10 Å². The highest BCUT2D eigenvalue weighted by Gasteiger charge is 2.25. The van der Waals surface area contributed by atoms with E-state index in [-0.39, 0.29) is 29.4 Å². The highest BCUT2D eigenvalue weighted by molar-refractivity contribution is 7.89. The van der Waals surface area contributed by atoms with Gasteiger partial charge in [-0.05, 0) is 25.1 Å². The van der Waals surface area contributed by atoms with Gasteiger partial charge in [0.25, 0.3) is 5.69 Å². The molecule has 0 amide bonds. The van der Waals surface area contributed by atoms with Gasteiger partial charge < -0.3 is 0 Å². The second-order valence-corrected chi connectivity index (χ2v) is 7.51. The van der Waals surface area contributed by atoms with Crippen LogP contribution < -0.4 is 5.43 Å². The summed E-state index contributed by atoms with van der Waals surface area (Å²) in [6.45, 7) is 5.71. The van der Waals surface area contributed by atoms with Crippen molar-refractivity contribution >= 4 is 27.1 Å². The van der Waals surface area contributed by atoms with Crippen LogP contribution in [0.1, 0.15) is 26.3 Å². The van der Waals surface area contributed by atoms with Crippen molar-refractivity contribution in [2.45, 2.75) is 25.7 Å². The van der Waals surface area contributed by atoms with Gasteiger partial charge in [-0.25, -0.2) is 8.42 Å². The Kier molecular flexibility index (Phi) is 6.59. The molecule has 0 bridgehead atoms. The molecule has 0 saturated heterocycles. The van der Waals surface area contributed by atoms with E-state index in [4.69, 9.17) is 0 Å². The first-order valence-electron chi connectivity index (χ1n) is 8.30. The predicted molar refractivity (Wildman–Crippen MR) is 103 cm³/mol. The second kappa shape index (κ2) is 8.69. The van der Waals surface area contributed by atoms with Crippen molar-refractivity contribution < 1.29 is 13.3 Å². The summed E-state index contributed by atoms with van der Waals surface area (Å²) in [6, 6.07) is 7.28. The van der Waals surface area contributed by atoms with E-state index in [1.807, 2.05) is 6.07 Å². The van der Waals surface area contributed by atoms with Gasteiger partial charge in [0, 0.05) is 37.1 Å². The van der Waals surface area contributed by atoms with Crippen LogP contribution in [0.4, 0.5) is 11.4 Å². The number of nitrogens with zero attached hydrogens (tertiary/aromatic N) is 4. The molecule has 1 aromatic heterocycles. The zero-order valence-corrected chi connectivity index (χ0v) is 16.1. The number of hydrogen-bond acceptors (Lipinski definition) is 7. The molecule has 1 heterocycles. The van der Waals surface area contributed by atoms with Crippen LogP contribution in [-0.2, 0) is 10.0 Å². The minimum absolute atomic E-state index is 0.0988. The summed E-state index contributed by atoms with van der Waals surface area (Å²) >= 11 is 0. The summed E-state index contributed by atoms with van der Waals surface area (Å²) < 4.78 is 26.4. The van der Waals surface area contributed by atoms with E-state index in [1.165, 1.54) is 16.4 Å². The van der Waals surface area contributed by atoms with E-state index in [2.05, 4.69) is 15.5 Å². The number of benzene rings is 1. The van der Waals surface area contributed by atoms with Crippen molar-refractivity contribution in [3.63, 3.8) is 0 Å². The first-order chi connectivity index (χ1) is 12.8. The fourth-order valence-corrected chi connectivity index (χ4v) is 3.89. The third kappa shape index (κ3) is 4.66. The summed E-state index contributed by atoms with van der Waals surface area (Å²) in [4.78, 5) is 14.6. The molecule has 0 aliphatic heterocycles. The molecule has 0 aliphatic rings. The number of sulfonamides is 1. The predicted octanol–water partition coefficient (Wildman–Crippen LogP) is 2.86. The van der Waals surface area contributed by atoms with Gasteiger partial charge in [-0.2, -0.15) is 9.41 Å². The zero-order chi connectivity index (χ0) is 20.0. The molecule has 1 N–H and O–H groups in total. The van der Waals surface area contributed by atoms with Gasteiger partial charge in [-0.1, -0.05) is 19.9 Å². The molecule has 0 spiro atoms. The molecule has 0 aliphatic carbocycles. The lowest BCUT2D eigenvalue weighted by molar-refractivity contribution is -0.384. The number of hydrogen-bond donors (Lipinski definition) is 1. The standard InChI is InChI=1S/C17H21N5O4S/c1-4-21(5-2)27(25,26)15-8-9-16(17(11-15)22(23)24)20-19-13(3)14-7-6-10-18-12-14/h6-12,20H,4-5H2,1-3H3. The first kappa shape index (κ1) is 20.5. The van der Waals surface area contributed by atoms with E-state index in [1.54, 1.807) is 39.2 Å². The van der Waals surface area contributed by atoms with Crippen LogP contribution in [0, 0.1) is 10.1 Å². The van der Waals surface area contributed by atoms with E-state index < -0.39 is 14.9 Å². The van der Waals surface area contributed by atoms with Gasteiger partial charge in [0.2, 0.25) is 10.0 Å². The van der Waals surface area contributed by atoms with Crippen LogP contribution in [0.15, 0.2) is 52.7 Å². The van der Waals surface area contributed by atoms with Crippen LogP contribution in [-0.4, -0.2) is 41.4 Å². The molecule has 0 saturated carbocycles. The van der Waals surface area contributed by atoms with E-state index in [9.17, 15) is 18.5 Å². The second-order valence-electron chi connectivity index (χ2n) is 5.58. The van der Waals surface area contributed by atoms with Gasteiger partial charge in [-0.15, -0.1) is 0 Å². The quantitative estimate of drug-likeness (QED) is 0.420. The normalized spacial score (nSPS) is 12.2. The number of pyridine rings is 1. The number of hydrazone groups is 1. The Labute approximate surface area is 157 Å². The van der Waals surface area contributed by atoms with E-state index >= 15 is 0 Å². The lowest BCUT2D eigenvalue weighted by Gasteiger charge is -2.18. The molecule has 2 aromatic rings. The Bertz CT molecular complexity index is 941. The molecule has 2 rings (SSSR count). The largest absolute Gasteiger partial charge is 0.295 e. The molecule has 144 valence electrons.